The maximum Gasteiger partial charge on any atom is 0.225 e. The molecule has 1 aliphatic rings. The largest absolute Gasteiger partial charge is 0.384 e. The van der Waals surface area contributed by atoms with Gasteiger partial charge in [-0.25, -0.2) is 9.97 Å². The second-order valence-electron chi connectivity index (χ2n) is 5.28. The van der Waals surface area contributed by atoms with Crippen LogP contribution in [-0.2, 0) is 9.53 Å². The number of rotatable bonds is 6. The molecule has 2 aromatic rings. The molecule has 1 saturated heterocycles. The molecule has 1 unspecified atom stereocenters. The first-order valence-corrected chi connectivity index (χ1v) is 8.43. The Hall–Kier alpha value is -2.06. The number of methoxy groups -OCH3 is 1. The van der Waals surface area contributed by atoms with Gasteiger partial charge in [0.25, 0.3) is 0 Å². The number of carbonyl (C=O) groups excluding carboxylic acids is 1. The fraction of sp³-hybridized carbons (Fsp3) is 0.467. The number of hydrogen-bond donors (Lipinski definition) is 1. The van der Waals surface area contributed by atoms with E-state index in [-0.39, 0.29) is 11.9 Å². The molecule has 122 valence electrons. The molecule has 0 radical (unpaired) electrons. The topological polar surface area (TPSA) is 80.2 Å². The highest BCUT2D eigenvalue weighted by molar-refractivity contribution is 7.13. The lowest BCUT2D eigenvalue weighted by Gasteiger charge is -2.23. The van der Waals surface area contributed by atoms with E-state index in [9.17, 15) is 4.79 Å². The van der Waals surface area contributed by atoms with E-state index < -0.39 is 0 Å². The van der Waals surface area contributed by atoms with Crippen LogP contribution in [0.1, 0.15) is 31.0 Å². The summed E-state index contributed by atoms with van der Waals surface area (Å²) in [5.41, 5.74) is 0.935. The van der Waals surface area contributed by atoms with Gasteiger partial charge in [-0.05, 0) is 12.8 Å². The number of thiazole rings is 1. The van der Waals surface area contributed by atoms with Crippen molar-refractivity contribution in [1.82, 2.24) is 19.9 Å². The molecule has 23 heavy (non-hydrogen) atoms. The zero-order chi connectivity index (χ0) is 16.1. The van der Waals surface area contributed by atoms with E-state index in [0.717, 1.165) is 30.2 Å². The summed E-state index contributed by atoms with van der Waals surface area (Å²) >= 11 is 1.51. The maximum atomic E-state index is 12.3. The highest BCUT2D eigenvalue weighted by Gasteiger charge is 2.31. The normalized spacial score (nSPS) is 17.4. The summed E-state index contributed by atoms with van der Waals surface area (Å²) in [6.07, 6.45) is 7.28. The first-order valence-electron chi connectivity index (χ1n) is 7.55. The number of ether oxygens (including phenoxy) is 1. The molecule has 3 heterocycles. The zero-order valence-corrected chi connectivity index (χ0v) is 13.8. The molecule has 8 heteroatoms. The summed E-state index contributed by atoms with van der Waals surface area (Å²) in [7, 11) is 1.61. The summed E-state index contributed by atoms with van der Waals surface area (Å²) in [5, 5.41) is 5.90. The summed E-state index contributed by atoms with van der Waals surface area (Å²) < 4.78 is 5.00. The van der Waals surface area contributed by atoms with E-state index in [1.165, 1.54) is 11.3 Å². The number of hydrogen-bond acceptors (Lipinski definition) is 7. The monoisotopic (exact) mass is 333 g/mol. The summed E-state index contributed by atoms with van der Waals surface area (Å²) in [6, 6.07) is 0.0630. The lowest BCUT2D eigenvalue weighted by Crippen LogP contribution is -2.31. The molecule has 1 atom stereocenters. The zero-order valence-electron chi connectivity index (χ0n) is 12.9. The van der Waals surface area contributed by atoms with Gasteiger partial charge in [0.15, 0.2) is 10.9 Å². The van der Waals surface area contributed by atoms with E-state index in [1.807, 2.05) is 10.3 Å². The highest BCUT2D eigenvalue weighted by Crippen LogP contribution is 2.34. The van der Waals surface area contributed by atoms with Crippen molar-refractivity contribution in [3.8, 4) is 0 Å². The van der Waals surface area contributed by atoms with Crippen molar-refractivity contribution in [3.63, 3.8) is 0 Å². The number of nitrogens with zero attached hydrogens (tertiary/aromatic N) is 4. The Bertz CT molecular complexity index is 648. The summed E-state index contributed by atoms with van der Waals surface area (Å²) in [5.74, 6) is 0.790. The molecule has 0 aliphatic carbocycles. The van der Waals surface area contributed by atoms with Gasteiger partial charge < -0.3 is 15.0 Å². The maximum absolute atomic E-state index is 12.3. The van der Waals surface area contributed by atoms with E-state index in [2.05, 4.69) is 20.3 Å². The van der Waals surface area contributed by atoms with Gasteiger partial charge in [0.05, 0.1) is 31.0 Å². The van der Waals surface area contributed by atoms with Gasteiger partial charge in [-0.2, -0.15) is 0 Å². The molecule has 2 aromatic heterocycles. The molecule has 1 aliphatic heterocycles. The molecule has 1 fully saturated rings. The number of carbonyl (C=O) groups is 1. The quantitative estimate of drug-likeness (QED) is 0.874. The Morgan fingerprint density at radius 2 is 2.43 bits per heavy atom. The highest BCUT2D eigenvalue weighted by atomic mass is 32.1. The van der Waals surface area contributed by atoms with Crippen molar-refractivity contribution in [2.75, 3.05) is 25.6 Å². The fourth-order valence-electron chi connectivity index (χ4n) is 2.68. The molecule has 0 saturated carbocycles. The Morgan fingerprint density at radius 3 is 3.22 bits per heavy atom. The Kier molecular flexibility index (Phi) is 5.14. The lowest BCUT2D eigenvalue weighted by atomic mass is 10.1. The minimum absolute atomic E-state index is 0.0630. The van der Waals surface area contributed by atoms with Crippen molar-refractivity contribution >= 4 is 28.2 Å². The molecule has 3 rings (SSSR count). The van der Waals surface area contributed by atoms with Crippen LogP contribution in [0.25, 0.3) is 0 Å². The second-order valence-corrected chi connectivity index (χ2v) is 6.14. The smallest absolute Gasteiger partial charge is 0.225 e. The molecule has 7 nitrogen and oxygen atoms in total. The van der Waals surface area contributed by atoms with Gasteiger partial charge in [0, 0.05) is 31.4 Å². The van der Waals surface area contributed by atoms with Crippen LogP contribution >= 0.6 is 11.3 Å². The Morgan fingerprint density at radius 1 is 1.52 bits per heavy atom. The van der Waals surface area contributed by atoms with Gasteiger partial charge in [0.1, 0.15) is 0 Å². The van der Waals surface area contributed by atoms with Crippen LogP contribution in [0, 0.1) is 0 Å². The van der Waals surface area contributed by atoms with Crippen molar-refractivity contribution in [2.45, 2.75) is 25.3 Å². The van der Waals surface area contributed by atoms with Crippen LogP contribution in [-0.4, -0.2) is 46.0 Å². The fourth-order valence-corrected chi connectivity index (χ4v) is 3.44. The number of aromatic nitrogens is 3. The molecule has 1 amide bonds. The number of amides is 1. The van der Waals surface area contributed by atoms with Gasteiger partial charge in [-0.15, -0.1) is 11.3 Å². The van der Waals surface area contributed by atoms with Crippen LogP contribution in [0.3, 0.4) is 0 Å². The number of anilines is 2. The first-order chi connectivity index (χ1) is 11.3. The third-order valence-electron chi connectivity index (χ3n) is 3.75. The SMILES string of the molecule is COCCC(=O)N1CCCC1c1csc(Nc2cnccn2)n1. The molecular weight excluding hydrogens is 314 g/mol. The Labute approximate surface area is 138 Å². The average Bonchev–Trinajstić information content (AvgIpc) is 3.22. The predicted octanol–water partition coefficient (Wildman–Crippen LogP) is 2.38. The third-order valence-corrected chi connectivity index (χ3v) is 4.53. The molecule has 1 N–H and O–H groups in total. The second kappa shape index (κ2) is 7.47. The molecule has 0 bridgehead atoms. The van der Waals surface area contributed by atoms with Crippen LogP contribution in [0.4, 0.5) is 10.9 Å². The average molecular weight is 333 g/mol. The predicted molar refractivity (Wildman–Crippen MR) is 87.6 cm³/mol. The summed E-state index contributed by atoms with van der Waals surface area (Å²) in [6.45, 7) is 1.25. The van der Waals surface area contributed by atoms with Gasteiger partial charge >= 0.3 is 0 Å². The van der Waals surface area contributed by atoms with Crippen molar-refractivity contribution in [2.24, 2.45) is 0 Å². The van der Waals surface area contributed by atoms with Crippen molar-refractivity contribution in [1.29, 1.82) is 0 Å². The van der Waals surface area contributed by atoms with Crippen molar-refractivity contribution in [3.05, 3.63) is 29.7 Å². The minimum Gasteiger partial charge on any atom is -0.384 e. The standard InChI is InChI=1S/C15H19N5O2S/c1-22-8-4-14(21)20-7-2-3-12(20)11-10-23-15(18-11)19-13-9-16-5-6-17-13/h5-6,9-10,12H,2-4,7-8H2,1H3,(H,17,18,19). The number of likely N-dealkylation sites (tertiary alicyclic amines) is 1. The van der Waals surface area contributed by atoms with Crippen LogP contribution in [0.5, 0.6) is 0 Å². The van der Waals surface area contributed by atoms with Gasteiger partial charge in [0.2, 0.25) is 5.91 Å². The third kappa shape index (κ3) is 3.83. The van der Waals surface area contributed by atoms with Crippen LogP contribution in [0.2, 0.25) is 0 Å². The van der Waals surface area contributed by atoms with Crippen molar-refractivity contribution < 1.29 is 9.53 Å². The Balaban J connectivity index is 1.68. The van der Waals surface area contributed by atoms with Crippen LogP contribution < -0.4 is 5.32 Å². The molecular formula is C15H19N5O2S. The van der Waals surface area contributed by atoms with E-state index in [1.54, 1.807) is 25.7 Å². The molecule has 0 spiro atoms. The molecule has 0 aromatic carbocycles. The van der Waals surface area contributed by atoms with Crippen LogP contribution in [0.15, 0.2) is 24.0 Å². The summed E-state index contributed by atoms with van der Waals surface area (Å²) in [4.78, 5) is 27.0. The minimum atomic E-state index is 0.0630. The number of nitrogens with one attached hydrogen (secondary N) is 1. The lowest BCUT2D eigenvalue weighted by molar-refractivity contribution is -0.133. The van der Waals surface area contributed by atoms with E-state index >= 15 is 0 Å². The van der Waals surface area contributed by atoms with Gasteiger partial charge in [-0.1, -0.05) is 0 Å². The van der Waals surface area contributed by atoms with E-state index in [4.69, 9.17) is 4.74 Å². The van der Waals surface area contributed by atoms with Gasteiger partial charge in [-0.3, -0.25) is 9.78 Å². The van der Waals surface area contributed by atoms with E-state index in [0.29, 0.717) is 18.8 Å². The first kappa shape index (κ1) is 15.8.